The number of ether oxygens (including phenoxy) is 1. The van der Waals surface area contributed by atoms with Crippen molar-refractivity contribution in [3.8, 4) is 5.88 Å². The SMILES string of the molecule is COc1c(CNc2ccc(Cl)cc2)c(C)nn1C. The van der Waals surface area contributed by atoms with Gasteiger partial charge in [-0.3, -0.25) is 0 Å². The molecule has 0 radical (unpaired) electrons. The zero-order valence-corrected chi connectivity index (χ0v) is 11.5. The van der Waals surface area contributed by atoms with Crippen LogP contribution in [0.3, 0.4) is 0 Å². The molecule has 0 saturated heterocycles. The summed E-state index contributed by atoms with van der Waals surface area (Å²) in [6, 6.07) is 7.61. The highest BCUT2D eigenvalue weighted by atomic mass is 35.5. The van der Waals surface area contributed by atoms with Gasteiger partial charge in [-0.1, -0.05) is 11.6 Å². The molecule has 96 valence electrons. The lowest BCUT2D eigenvalue weighted by molar-refractivity contribution is 0.370. The van der Waals surface area contributed by atoms with Crippen LogP contribution in [0.25, 0.3) is 0 Å². The van der Waals surface area contributed by atoms with E-state index in [2.05, 4.69) is 10.4 Å². The van der Waals surface area contributed by atoms with Crippen LogP contribution in [0.4, 0.5) is 5.69 Å². The third-order valence-corrected chi connectivity index (χ3v) is 3.05. The van der Waals surface area contributed by atoms with Gasteiger partial charge in [0, 0.05) is 24.3 Å². The molecule has 0 saturated carbocycles. The largest absolute Gasteiger partial charge is 0.481 e. The number of benzene rings is 1. The van der Waals surface area contributed by atoms with Crippen molar-refractivity contribution in [3.63, 3.8) is 0 Å². The molecule has 0 aliphatic rings. The minimum Gasteiger partial charge on any atom is -0.481 e. The number of rotatable bonds is 4. The van der Waals surface area contributed by atoms with Crippen LogP contribution in [-0.4, -0.2) is 16.9 Å². The molecule has 0 atom stereocenters. The van der Waals surface area contributed by atoms with E-state index in [9.17, 15) is 0 Å². The molecule has 0 aliphatic heterocycles. The summed E-state index contributed by atoms with van der Waals surface area (Å²) in [5.41, 5.74) is 3.05. The summed E-state index contributed by atoms with van der Waals surface area (Å²) in [7, 11) is 3.53. The van der Waals surface area contributed by atoms with E-state index < -0.39 is 0 Å². The summed E-state index contributed by atoms with van der Waals surface area (Å²) in [5.74, 6) is 0.786. The maximum absolute atomic E-state index is 5.84. The summed E-state index contributed by atoms with van der Waals surface area (Å²) in [4.78, 5) is 0. The minimum absolute atomic E-state index is 0.671. The summed E-state index contributed by atoms with van der Waals surface area (Å²) in [5, 5.41) is 8.40. The van der Waals surface area contributed by atoms with Gasteiger partial charge in [0.15, 0.2) is 0 Å². The highest BCUT2D eigenvalue weighted by Crippen LogP contribution is 2.22. The number of nitrogens with zero attached hydrogens (tertiary/aromatic N) is 2. The summed E-state index contributed by atoms with van der Waals surface area (Å²) < 4.78 is 7.09. The van der Waals surface area contributed by atoms with Crippen LogP contribution in [0, 0.1) is 6.92 Å². The summed E-state index contributed by atoms with van der Waals surface area (Å²) in [6.45, 7) is 2.64. The molecule has 1 N–H and O–H groups in total. The number of nitrogens with one attached hydrogen (secondary N) is 1. The molecule has 0 aliphatic carbocycles. The molecule has 18 heavy (non-hydrogen) atoms. The highest BCUT2D eigenvalue weighted by molar-refractivity contribution is 6.30. The van der Waals surface area contributed by atoms with Gasteiger partial charge in [-0.25, -0.2) is 4.68 Å². The topological polar surface area (TPSA) is 39.1 Å². The molecule has 5 heteroatoms. The fourth-order valence-corrected chi connectivity index (χ4v) is 2.02. The molecule has 0 unspecified atom stereocenters. The lowest BCUT2D eigenvalue weighted by Crippen LogP contribution is -2.02. The molecule has 4 nitrogen and oxygen atoms in total. The number of methoxy groups -OCH3 is 1. The fraction of sp³-hybridized carbons (Fsp3) is 0.308. The highest BCUT2D eigenvalue weighted by Gasteiger charge is 2.13. The maximum atomic E-state index is 5.84. The zero-order chi connectivity index (χ0) is 13.1. The molecule has 0 spiro atoms. The van der Waals surface area contributed by atoms with Gasteiger partial charge in [0.25, 0.3) is 0 Å². The van der Waals surface area contributed by atoms with Crippen molar-refractivity contribution in [1.82, 2.24) is 9.78 Å². The van der Waals surface area contributed by atoms with Gasteiger partial charge in [-0.2, -0.15) is 5.10 Å². The van der Waals surface area contributed by atoms with Gasteiger partial charge in [-0.05, 0) is 31.2 Å². The number of hydrogen-bond donors (Lipinski definition) is 1. The Morgan fingerprint density at radius 1 is 1.33 bits per heavy atom. The van der Waals surface area contributed by atoms with E-state index in [0.29, 0.717) is 6.54 Å². The van der Waals surface area contributed by atoms with E-state index in [4.69, 9.17) is 16.3 Å². The number of halogens is 1. The Morgan fingerprint density at radius 2 is 2.00 bits per heavy atom. The Labute approximate surface area is 112 Å². The summed E-state index contributed by atoms with van der Waals surface area (Å²) in [6.07, 6.45) is 0. The number of hydrogen-bond acceptors (Lipinski definition) is 3. The van der Waals surface area contributed by atoms with Crippen LogP contribution in [-0.2, 0) is 13.6 Å². The third-order valence-electron chi connectivity index (χ3n) is 2.80. The van der Waals surface area contributed by atoms with Crippen molar-refractivity contribution in [2.24, 2.45) is 7.05 Å². The first kappa shape index (κ1) is 12.8. The predicted octanol–water partition coefficient (Wildman–Crippen LogP) is 3.00. The van der Waals surface area contributed by atoms with E-state index in [0.717, 1.165) is 27.8 Å². The molecule has 2 rings (SSSR count). The molecule has 0 fully saturated rings. The Hall–Kier alpha value is -1.68. The molecule has 1 heterocycles. The quantitative estimate of drug-likeness (QED) is 0.924. The van der Waals surface area contributed by atoms with Crippen molar-refractivity contribution in [1.29, 1.82) is 0 Å². The second-order valence-corrected chi connectivity index (χ2v) is 4.49. The number of aryl methyl sites for hydroxylation is 2. The Balaban J connectivity index is 2.12. The van der Waals surface area contributed by atoms with E-state index in [1.165, 1.54) is 0 Å². The van der Waals surface area contributed by atoms with E-state index >= 15 is 0 Å². The van der Waals surface area contributed by atoms with Gasteiger partial charge in [0.1, 0.15) is 0 Å². The standard InChI is InChI=1S/C13H16ClN3O/c1-9-12(13(18-3)17(2)16-9)8-15-11-6-4-10(14)5-7-11/h4-7,15H,8H2,1-3H3. The van der Waals surface area contributed by atoms with Crippen LogP contribution < -0.4 is 10.1 Å². The smallest absolute Gasteiger partial charge is 0.216 e. The lowest BCUT2D eigenvalue weighted by Gasteiger charge is -2.08. The van der Waals surface area contributed by atoms with E-state index in [1.807, 2.05) is 38.2 Å². The Kier molecular flexibility index (Phi) is 3.77. The van der Waals surface area contributed by atoms with Crippen molar-refractivity contribution < 1.29 is 4.74 Å². The molecule has 0 bridgehead atoms. The van der Waals surface area contributed by atoms with E-state index in [1.54, 1.807) is 11.8 Å². The van der Waals surface area contributed by atoms with Gasteiger partial charge in [-0.15, -0.1) is 0 Å². The first-order valence-corrected chi connectivity index (χ1v) is 6.05. The van der Waals surface area contributed by atoms with Crippen molar-refractivity contribution in [2.45, 2.75) is 13.5 Å². The van der Waals surface area contributed by atoms with Gasteiger partial charge < -0.3 is 10.1 Å². The van der Waals surface area contributed by atoms with Crippen LogP contribution >= 0.6 is 11.6 Å². The predicted molar refractivity (Wildman–Crippen MR) is 73.3 cm³/mol. The molecular formula is C13H16ClN3O. The molecular weight excluding hydrogens is 250 g/mol. The molecule has 2 aromatic rings. The zero-order valence-electron chi connectivity index (χ0n) is 10.7. The maximum Gasteiger partial charge on any atom is 0.216 e. The van der Waals surface area contributed by atoms with Crippen molar-refractivity contribution >= 4 is 17.3 Å². The number of anilines is 1. The first-order chi connectivity index (χ1) is 8.61. The van der Waals surface area contributed by atoms with Gasteiger partial charge in [0.2, 0.25) is 5.88 Å². The Morgan fingerprint density at radius 3 is 2.61 bits per heavy atom. The molecule has 1 aromatic carbocycles. The molecule has 1 aromatic heterocycles. The minimum atomic E-state index is 0.671. The van der Waals surface area contributed by atoms with Gasteiger partial charge >= 0.3 is 0 Å². The van der Waals surface area contributed by atoms with E-state index in [-0.39, 0.29) is 0 Å². The van der Waals surface area contributed by atoms with Crippen LogP contribution in [0.5, 0.6) is 5.88 Å². The van der Waals surface area contributed by atoms with Crippen LogP contribution in [0.15, 0.2) is 24.3 Å². The Bertz CT molecular complexity index is 534. The van der Waals surface area contributed by atoms with Gasteiger partial charge in [0.05, 0.1) is 18.4 Å². The summed E-state index contributed by atoms with van der Waals surface area (Å²) >= 11 is 5.84. The first-order valence-electron chi connectivity index (χ1n) is 5.67. The number of aromatic nitrogens is 2. The van der Waals surface area contributed by atoms with Crippen molar-refractivity contribution in [3.05, 3.63) is 40.5 Å². The lowest BCUT2D eigenvalue weighted by atomic mass is 10.2. The second kappa shape index (κ2) is 5.31. The normalized spacial score (nSPS) is 10.4. The molecule has 0 amide bonds. The van der Waals surface area contributed by atoms with Crippen LogP contribution in [0.1, 0.15) is 11.3 Å². The fourth-order valence-electron chi connectivity index (χ4n) is 1.90. The average molecular weight is 266 g/mol. The second-order valence-electron chi connectivity index (χ2n) is 4.06. The van der Waals surface area contributed by atoms with Crippen LogP contribution in [0.2, 0.25) is 5.02 Å². The average Bonchev–Trinajstić information content (AvgIpc) is 2.62. The van der Waals surface area contributed by atoms with Crippen molar-refractivity contribution in [2.75, 3.05) is 12.4 Å². The third kappa shape index (κ3) is 2.59. The monoisotopic (exact) mass is 265 g/mol.